The lowest BCUT2D eigenvalue weighted by Gasteiger charge is -2.31. The first kappa shape index (κ1) is 19.0. The van der Waals surface area contributed by atoms with Crippen molar-refractivity contribution in [3.8, 4) is 10.6 Å². The highest BCUT2D eigenvalue weighted by Gasteiger charge is 2.30. The van der Waals surface area contributed by atoms with E-state index in [1.54, 1.807) is 28.6 Å². The Labute approximate surface area is 175 Å². The molecule has 1 aliphatic heterocycles. The Morgan fingerprint density at radius 1 is 1.21 bits per heavy atom. The van der Waals surface area contributed by atoms with E-state index in [4.69, 9.17) is 11.6 Å². The minimum atomic E-state index is -0.240. The number of thiazole rings is 2. The van der Waals surface area contributed by atoms with Crippen LogP contribution in [0.1, 0.15) is 23.3 Å². The maximum atomic E-state index is 12.9. The lowest BCUT2D eigenvalue weighted by atomic mass is 9.97. The molecule has 1 aliphatic rings. The number of nitrogens with zero attached hydrogens (tertiary/aromatic N) is 3. The van der Waals surface area contributed by atoms with Crippen molar-refractivity contribution in [3.63, 3.8) is 0 Å². The molecule has 1 atom stereocenters. The normalized spacial score (nSPS) is 16.8. The average molecular weight is 433 g/mol. The number of amides is 2. The molecule has 1 N–H and O–H groups in total. The summed E-state index contributed by atoms with van der Waals surface area (Å²) in [5, 5.41) is 8.43. The fraction of sp³-hybridized carbons (Fsp3) is 0.263. The molecule has 1 saturated heterocycles. The summed E-state index contributed by atoms with van der Waals surface area (Å²) in [6.07, 6.45) is 3.20. The molecule has 28 heavy (non-hydrogen) atoms. The van der Waals surface area contributed by atoms with E-state index in [0.717, 1.165) is 23.4 Å². The number of hydrogen-bond donors (Lipinski definition) is 1. The molecule has 1 aromatic carbocycles. The van der Waals surface area contributed by atoms with Gasteiger partial charge in [0.15, 0.2) is 5.13 Å². The number of benzene rings is 1. The van der Waals surface area contributed by atoms with Crippen molar-refractivity contribution in [2.45, 2.75) is 12.8 Å². The number of likely N-dealkylation sites (tertiary alicyclic amines) is 1. The molecule has 2 aromatic heterocycles. The van der Waals surface area contributed by atoms with Crippen molar-refractivity contribution >= 4 is 51.2 Å². The zero-order chi connectivity index (χ0) is 19.5. The largest absolute Gasteiger partial charge is 0.336 e. The Bertz CT molecular complexity index is 972. The summed E-state index contributed by atoms with van der Waals surface area (Å²) in [5.74, 6) is -0.466. The molecule has 0 radical (unpaired) electrons. The molecule has 0 saturated carbocycles. The second-order valence-electron chi connectivity index (χ2n) is 6.46. The van der Waals surface area contributed by atoms with E-state index in [1.165, 1.54) is 22.7 Å². The zero-order valence-corrected chi connectivity index (χ0v) is 17.2. The molecular weight excluding hydrogens is 416 g/mol. The van der Waals surface area contributed by atoms with E-state index < -0.39 is 0 Å². The number of piperidine rings is 1. The Hall–Kier alpha value is -2.29. The Morgan fingerprint density at radius 2 is 2.04 bits per heavy atom. The van der Waals surface area contributed by atoms with Crippen molar-refractivity contribution in [2.24, 2.45) is 5.92 Å². The molecule has 0 spiro atoms. The van der Waals surface area contributed by atoms with Gasteiger partial charge >= 0.3 is 0 Å². The van der Waals surface area contributed by atoms with Gasteiger partial charge in [0.25, 0.3) is 5.91 Å². The number of nitrogens with one attached hydrogen (secondary N) is 1. The van der Waals surface area contributed by atoms with Crippen molar-refractivity contribution in [3.05, 3.63) is 51.9 Å². The van der Waals surface area contributed by atoms with Gasteiger partial charge in [-0.1, -0.05) is 23.7 Å². The molecule has 0 bridgehead atoms. The standard InChI is InChI=1S/C19H17ClN4O2S2/c20-14-5-3-12(4-6-14)17-22-15(11-28-17)18(26)24-8-1-2-13(10-24)16(25)23-19-21-7-9-27-19/h3-7,9,11,13H,1-2,8,10H2,(H,21,23,25). The van der Waals surface area contributed by atoms with Crippen LogP contribution < -0.4 is 5.32 Å². The lowest BCUT2D eigenvalue weighted by molar-refractivity contribution is -0.121. The van der Waals surface area contributed by atoms with Crippen LogP contribution in [-0.4, -0.2) is 39.8 Å². The summed E-state index contributed by atoms with van der Waals surface area (Å²) in [6.45, 7) is 1.03. The van der Waals surface area contributed by atoms with Crippen LogP contribution in [0.2, 0.25) is 5.02 Å². The molecule has 0 aliphatic carbocycles. The predicted molar refractivity (Wildman–Crippen MR) is 112 cm³/mol. The van der Waals surface area contributed by atoms with Gasteiger partial charge in [-0.25, -0.2) is 9.97 Å². The highest BCUT2D eigenvalue weighted by molar-refractivity contribution is 7.13. The topological polar surface area (TPSA) is 75.2 Å². The Balaban J connectivity index is 1.43. The second-order valence-corrected chi connectivity index (χ2v) is 8.65. The molecule has 9 heteroatoms. The zero-order valence-electron chi connectivity index (χ0n) is 14.8. The number of anilines is 1. The van der Waals surface area contributed by atoms with E-state index in [1.807, 2.05) is 17.5 Å². The third kappa shape index (κ3) is 4.24. The first-order chi connectivity index (χ1) is 13.6. The van der Waals surface area contributed by atoms with Gasteiger partial charge in [-0.05, 0) is 25.0 Å². The summed E-state index contributed by atoms with van der Waals surface area (Å²) in [4.78, 5) is 35.7. The summed E-state index contributed by atoms with van der Waals surface area (Å²) in [7, 11) is 0. The maximum absolute atomic E-state index is 12.9. The van der Waals surface area contributed by atoms with Crippen LogP contribution in [0.3, 0.4) is 0 Å². The molecule has 2 amide bonds. The second kappa shape index (κ2) is 8.38. The van der Waals surface area contributed by atoms with Crippen LogP contribution in [0.15, 0.2) is 41.2 Å². The highest BCUT2D eigenvalue weighted by Crippen LogP contribution is 2.27. The van der Waals surface area contributed by atoms with Crippen LogP contribution in [-0.2, 0) is 4.79 Å². The van der Waals surface area contributed by atoms with E-state index in [0.29, 0.717) is 28.9 Å². The van der Waals surface area contributed by atoms with Crippen LogP contribution in [0.25, 0.3) is 10.6 Å². The van der Waals surface area contributed by atoms with Crippen molar-refractivity contribution < 1.29 is 9.59 Å². The number of carbonyl (C=O) groups excluding carboxylic acids is 2. The van der Waals surface area contributed by atoms with E-state index in [-0.39, 0.29) is 17.7 Å². The summed E-state index contributed by atoms with van der Waals surface area (Å²) >= 11 is 8.73. The maximum Gasteiger partial charge on any atom is 0.273 e. The first-order valence-electron chi connectivity index (χ1n) is 8.81. The first-order valence-corrected chi connectivity index (χ1v) is 10.9. The van der Waals surface area contributed by atoms with Crippen molar-refractivity contribution in [1.82, 2.24) is 14.9 Å². The highest BCUT2D eigenvalue weighted by atomic mass is 35.5. The van der Waals surface area contributed by atoms with Gasteiger partial charge in [-0.3, -0.25) is 9.59 Å². The molecular formula is C19H17ClN4O2S2. The van der Waals surface area contributed by atoms with Gasteiger partial charge in [0.2, 0.25) is 5.91 Å². The van der Waals surface area contributed by atoms with Gasteiger partial charge < -0.3 is 10.2 Å². The molecule has 6 nitrogen and oxygen atoms in total. The quantitative estimate of drug-likeness (QED) is 0.662. The minimum absolute atomic E-state index is 0.0902. The molecule has 3 aromatic rings. The van der Waals surface area contributed by atoms with Crippen LogP contribution >= 0.6 is 34.3 Å². The van der Waals surface area contributed by atoms with Gasteiger partial charge in [0, 0.05) is 40.6 Å². The molecule has 4 rings (SSSR count). The molecule has 3 heterocycles. The number of hydrogen-bond acceptors (Lipinski definition) is 6. The monoisotopic (exact) mass is 432 g/mol. The number of halogens is 1. The van der Waals surface area contributed by atoms with Gasteiger partial charge in [-0.15, -0.1) is 22.7 Å². The molecule has 1 unspecified atom stereocenters. The minimum Gasteiger partial charge on any atom is -0.336 e. The fourth-order valence-electron chi connectivity index (χ4n) is 3.13. The van der Waals surface area contributed by atoms with Crippen LogP contribution in [0.5, 0.6) is 0 Å². The van der Waals surface area contributed by atoms with E-state index in [2.05, 4.69) is 15.3 Å². The number of aromatic nitrogens is 2. The Morgan fingerprint density at radius 3 is 2.79 bits per heavy atom. The predicted octanol–water partition coefficient (Wildman–Crippen LogP) is 4.41. The van der Waals surface area contributed by atoms with Crippen LogP contribution in [0.4, 0.5) is 5.13 Å². The molecule has 1 fully saturated rings. The summed E-state index contributed by atoms with van der Waals surface area (Å²) < 4.78 is 0. The summed E-state index contributed by atoms with van der Waals surface area (Å²) in [6, 6.07) is 7.37. The average Bonchev–Trinajstić information content (AvgIpc) is 3.40. The third-order valence-corrected chi connectivity index (χ3v) is 6.39. The lowest BCUT2D eigenvalue weighted by Crippen LogP contribution is -2.43. The fourth-order valence-corrected chi connectivity index (χ4v) is 4.59. The molecule has 144 valence electrons. The van der Waals surface area contributed by atoms with E-state index >= 15 is 0 Å². The van der Waals surface area contributed by atoms with Gasteiger partial charge in [0.05, 0.1) is 5.92 Å². The SMILES string of the molecule is O=C(Nc1nccs1)C1CCCN(C(=O)c2csc(-c3ccc(Cl)cc3)n2)C1. The number of rotatable bonds is 4. The van der Waals surface area contributed by atoms with Crippen LogP contribution in [0, 0.1) is 5.92 Å². The summed E-state index contributed by atoms with van der Waals surface area (Å²) in [5.41, 5.74) is 1.34. The van der Waals surface area contributed by atoms with Gasteiger partial charge in [-0.2, -0.15) is 0 Å². The third-order valence-electron chi connectivity index (χ3n) is 4.56. The van der Waals surface area contributed by atoms with Gasteiger partial charge in [0.1, 0.15) is 10.7 Å². The van der Waals surface area contributed by atoms with Crippen molar-refractivity contribution in [2.75, 3.05) is 18.4 Å². The van der Waals surface area contributed by atoms with Crippen molar-refractivity contribution in [1.29, 1.82) is 0 Å². The smallest absolute Gasteiger partial charge is 0.273 e. The number of carbonyl (C=O) groups is 2. The Kier molecular flexibility index (Phi) is 5.70. The van der Waals surface area contributed by atoms with E-state index in [9.17, 15) is 9.59 Å².